The van der Waals surface area contributed by atoms with Gasteiger partial charge in [-0.15, -0.1) is 0 Å². The van der Waals surface area contributed by atoms with E-state index in [2.05, 4.69) is 21.7 Å². The average molecular weight is 311 g/mol. The number of carbonyl (C=O) groups excluding carboxylic acids is 1. The van der Waals surface area contributed by atoms with Crippen molar-refractivity contribution in [2.24, 2.45) is 0 Å². The minimum atomic E-state index is -0.0274. The first-order valence-electron chi connectivity index (χ1n) is 7.89. The minimum absolute atomic E-state index is 0.0274. The van der Waals surface area contributed by atoms with Crippen molar-refractivity contribution in [1.82, 2.24) is 15.6 Å². The number of aromatic nitrogens is 1. The molecule has 1 aromatic heterocycles. The van der Waals surface area contributed by atoms with Crippen LogP contribution in [0.2, 0.25) is 0 Å². The number of hydrogen-bond acceptors (Lipinski definition) is 4. The molecule has 1 aromatic carbocycles. The van der Waals surface area contributed by atoms with Crippen LogP contribution in [-0.4, -0.2) is 30.5 Å². The van der Waals surface area contributed by atoms with Crippen molar-refractivity contribution in [3.05, 3.63) is 53.4 Å². The summed E-state index contributed by atoms with van der Waals surface area (Å²) >= 11 is 0. The molecule has 0 radical (unpaired) electrons. The second-order valence-corrected chi connectivity index (χ2v) is 5.66. The van der Waals surface area contributed by atoms with E-state index in [0.29, 0.717) is 23.9 Å². The quantitative estimate of drug-likeness (QED) is 0.831. The Morgan fingerprint density at radius 2 is 2.17 bits per heavy atom. The van der Waals surface area contributed by atoms with Crippen LogP contribution >= 0.6 is 0 Å². The molecule has 5 nitrogen and oxygen atoms in total. The summed E-state index contributed by atoms with van der Waals surface area (Å²) in [7, 11) is 0. The smallest absolute Gasteiger partial charge is 0.226 e. The highest BCUT2D eigenvalue weighted by atomic mass is 16.4. The highest BCUT2D eigenvalue weighted by Gasteiger charge is 2.14. The molecular formula is C18H21N3O2. The van der Waals surface area contributed by atoms with Gasteiger partial charge in [-0.3, -0.25) is 4.79 Å². The van der Waals surface area contributed by atoms with Gasteiger partial charge in [-0.25, -0.2) is 4.98 Å². The zero-order valence-electron chi connectivity index (χ0n) is 13.3. The molecule has 0 unspecified atom stereocenters. The van der Waals surface area contributed by atoms with Gasteiger partial charge in [-0.2, -0.15) is 0 Å². The monoisotopic (exact) mass is 311 g/mol. The van der Waals surface area contributed by atoms with Gasteiger partial charge in [-0.1, -0.05) is 29.8 Å². The first-order valence-corrected chi connectivity index (χ1v) is 7.89. The van der Waals surface area contributed by atoms with Crippen molar-refractivity contribution in [3.8, 4) is 11.5 Å². The third-order valence-corrected chi connectivity index (χ3v) is 3.91. The summed E-state index contributed by atoms with van der Waals surface area (Å²) in [6, 6.07) is 9.71. The lowest BCUT2D eigenvalue weighted by atomic mass is 10.1. The first-order chi connectivity index (χ1) is 11.2. The van der Waals surface area contributed by atoms with Crippen molar-refractivity contribution in [2.75, 3.05) is 19.6 Å². The number of nitrogens with one attached hydrogen (secondary N) is 2. The van der Waals surface area contributed by atoms with E-state index < -0.39 is 0 Å². The van der Waals surface area contributed by atoms with E-state index in [-0.39, 0.29) is 12.3 Å². The molecule has 0 saturated heterocycles. The number of aryl methyl sites for hydroxylation is 1. The van der Waals surface area contributed by atoms with Crippen LogP contribution in [0.3, 0.4) is 0 Å². The zero-order chi connectivity index (χ0) is 16.1. The molecule has 5 heteroatoms. The summed E-state index contributed by atoms with van der Waals surface area (Å²) in [5, 5.41) is 6.22. The van der Waals surface area contributed by atoms with E-state index in [1.165, 1.54) is 5.57 Å². The minimum Gasteiger partial charge on any atom is -0.441 e. The number of oxazole rings is 1. The Hall–Kier alpha value is -2.40. The SMILES string of the molecule is Cc1oc(-c2ccccc2)nc1CC(=O)NCC1=CCNCC1. The molecule has 23 heavy (non-hydrogen) atoms. The summed E-state index contributed by atoms with van der Waals surface area (Å²) in [5.41, 5.74) is 2.89. The number of rotatable bonds is 5. The van der Waals surface area contributed by atoms with E-state index >= 15 is 0 Å². The van der Waals surface area contributed by atoms with Crippen LogP contribution in [-0.2, 0) is 11.2 Å². The molecule has 0 saturated carbocycles. The van der Waals surface area contributed by atoms with Gasteiger partial charge >= 0.3 is 0 Å². The summed E-state index contributed by atoms with van der Waals surface area (Å²) < 4.78 is 5.69. The number of benzene rings is 1. The molecule has 0 fully saturated rings. The van der Waals surface area contributed by atoms with Crippen LogP contribution in [0, 0.1) is 6.92 Å². The summed E-state index contributed by atoms with van der Waals surface area (Å²) in [4.78, 5) is 16.6. The topological polar surface area (TPSA) is 67.2 Å². The van der Waals surface area contributed by atoms with Crippen molar-refractivity contribution in [1.29, 1.82) is 0 Å². The highest BCUT2D eigenvalue weighted by Crippen LogP contribution is 2.21. The Bertz CT molecular complexity index is 704. The second kappa shape index (κ2) is 7.24. The molecule has 0 spiro atoms. The maximum absolute atomic E-state index is 12.1. The van der Waals surface area contributed by atoms with E-state index in [9.17, 15) is 4.79 Å². The third-order valence-electron chi connectivity index (χ3n) is 3.91. The lowest BCUT2D eigenvalue weighted by molar-refractivity contribution is -0.120. The fourth-order valence-electron chi connectivity index (χ4n) is 2.55. The molecule has 2 N–H and O–H groups in total. The molecule has 0 aliphatic carbocycles. The Balaban J connectivity index is 1.60. The van der Waals surface area contributed by atoms with E-state index in [1.54, 1.807) is 0 Å². The van der Waals surface area contributed by atoms with Gasteiger partial charge in [0.25, 0.3) is 0 Å². The summed E-state index contributed by atoms with van der Waals surface area (Å²) in [5.74, 6) is 1.23. The summed E-state index contributed by atoms with van der Waals surface area (Å²) in [6.07, 6.45) is 3.37. The van der Waals surface area contributed by atoms with Gasteiger partial charge < -0.3 is 15.1 Å². The van der Waals surface area contributed by atoms with Crippen LogP contribution < -0.4 is 10.6 Å². The maximum Gasteiger partial charge on any atom is 0.226 e. The molecule has 2 heterocycles. The van der Waals surface area contributed by atoms with E-state index in [1.807, 2.05) is 37.3 Å². The van der Waals surface area contributed by atoms with Crippen LogP contribution in [0.4, 0.5) is 0 Å². The second-order valence-electron chi connectivity index (χ2n) is 5.66. The predicted molar refractivity (Wildman–Crippen MR) is 89.0 cm³/mol. The summed E-state index contributed by atoms with van der Waals surface area (Å²) in [6.45, 7) is 4.32. The Morgan fingerprint density at radius 3 is 2.91 bits per heavy atom. The average Bonchev–Trinajstić information content (AvgIpc) is 2.95. The van der Waals surface area contributed by atoms with Crippen LogP contribution in [0.15, 0.2) is 46.4 Å². The fraction of sp³-hybridized carbons (Fsp3) is 0.333. The first kappa shape index (κ1) is 15.5. The molecule has 1 aliphatic rings. The van der Waals surface area contributed by atoms with Crippen molar-refractivity contribution in [2.45, 2.75) is 19.8 Å². The third kappa shape index (κ3) is 4.07. The molecule has 120 valence electrons. The Labute approximate surface area is 135 Å². The number of nitrogens with zero attached hydrogens (tertiary/aromatic N) is 1. The van der Waals surface area contributed by atoms with Crippen molar-refractivity contribution in [3.63, 3.8) is 0 Å². The van der Waals surface area contributed by atoms with Crippen LogP contribution in [0.5, 0.6) is 0 Å². The van der Waals surface area contributed by atoms with Crippen LogP contribution in [0.25, 0.3) is 11.5 Å². The maximum atomic E-state index is 12.1. The van der Waals surface area contributed by atoms with Gasteiger partial charge in [0.05, 0.1) is 12.1 Å². The number of amides is 1. The lowest BCUT2D eigenvalue weighted by Gasteiger charge is -2.14. The van der Waals surface area contributed by atoms with Gasteiger partial charge in [-0.05, 0) is 32.0 Å². The van der Waals surface area contributed by atoms with E-state index in [0.717, 1.165) is 25.1 Å². The molecule has 3 rings (SSSR count). The molecule has 0 bridgehead atoms. The molecule has 2 aromatic rings. The standard InChI is InChI=1S/C18H21N3O2/c1-13-16(21-18(23-13)15-5-3-2-4-6-15)11-17(22)20-12-14-7-9-19-10-8-14/h2-7,19H,8-12H2,1H3,(H,20,22). The molecule has 1 amide bonds. The normalized spacial score (nSPS) is 14.4. The predicted octanol–water partition coefficient (Wildman–Crippen LogP) is 2.23. The number of hydrogen-bond donors (Lipinski definition) is 2. The lowest BCUT2D eigenvalue weighted by Crippen LogP contribution is -2.30. The molecule has 1 aliphatic heterocycles. The van der Waals surface area contributed by atoms with E-state index in [4.69, 9.17) is 4.42 Å². The largest absolute Gasteiger partial charge is 0.441 e. The Kier molecular flexibility index (Phi) is 4.88. The number of carbonyl (C=O) groups is 1. The highest BCUT2D eigenvalue weighted by molar-refractivity contribution is 5.78. The van der Waals surface area contributed by atoms with Gasteiger partial charge in [0.15, 0.2) is 0 Å². The van der Waals surface area contributed by atoms with Gasteiger partial charge in [0, 0.05) is 18.7 Å². The van der Waals surface area contributed by atoms with Gasteiger partial charge in [0.1, 0.15) is 5.76 Å². The molecule has 0 atom stereocenters. The zero-order valence-corrected chi connectivity index (χ0v) is 13.3. The van der Waals surface area contributed by atoms with Crippen LogP contribution in [0.1, 0.15) is 17.9 Å². The fourth-order valence-corrected chi connectivity index (χ4v) is 2.55. The molecular weight excluding hydrogens is 290 g/mol. The van der Waals surface area contributed by atoms with Crippen molar-refractivity contribution >= 4 is 5.91 Å². The van der Waals surface area contributed by atoms with Gasteiger partial charge in [0.2, 0.25) is 11.8 Å². The Morgan fingerprint density at radius 1 is 1.35 bits per heavy atom. The van der Waals surface area contributed by atoms with Crippen molar-refractivity contribution < 1.29 is 9.21 Å².